The van der Waals surface area contributed by atoms with Gasteiger partial charge in [-0.05, 0) is 19.3 Å². The Hall–Kier alpha value is -0.300. The van der Waals surface area contributed by atoms with E-state index in [0.29, 0.717) is 6.10 Å². The van der Waals surface area contributed by atoms with Crippen LogP contribution in [0.25, 0.3) is 0 Å². The molecule has 0 spiro atoms. The molecule has 0 aromatic rings. The molecule has 1 heteroatoms. The largest absolute Gasteiger partial charge is 0.378 e. The van der Waals surface area contributed by atoms with Crippen LogP contribution in [0.1, 0.15) is 19.3 Å². The molecule has 1 atom stereocenters. The van der Waals surface area contributed by atoms with Crippen LogP contribution in [-0.2, 0) is 4.74 Å². The summed E-state index contributed by atoms with van der Waals surface area (Å²) in [5.41, 5.74) is 0. The fraction of sp³-hybridized carbons (Fsp3) is 0.625. The molecule has 0 aromatic carbocycles. The van der Waals surface area contributed by atoms with Gasteiger partial charge in [0.1, 0.15) is 0 Å². The molecule has 1 unspecified atom stereocenters. The molecule has 1 aliphatic heterocycles. The van der Waals surface area contributed by atoms with E-state index < -0.39 is 0 Å². The molecule has 0 bridgehead atoms. The van der Waals surface area contributed by atoms with Crippen LogP contribution in [0.2, 0.25) is 0 Å². The lowest BCUT2D eigenvalue weighted by Gasteiger charge is -2.20. The molecule has 1 heterocycles. The minimum absolute atomic E-state index is 0.358. The second-order valence-electron chi connectivity index (χ2n) is 2.33. The van der Waals surface area contributed by atoms with Crippen molar-refractivity contribution in [3.63, 3.8) is 0 Å². The molecule has 1 fully saturated rings. The molecule has 0 amide bonds. The molecule has 0 saturated carbocycles. The maximum Gasteiger partial charge on any atom is 0.0644 e. The van der Waals surface area contributed by atoms with Gasteiger partial charge in [-0.25, -0.2) is 0 Å². The van der Waals surface area contributed by atoms with Crippen LogP contribution >= 0.6 is 0 Å². The second-order valence-corrected chi connectivity index (χ2v) is 2.33. The van der Waals surface area contributed by atoms with Crippen molar-refractivity contribution in [2.45, 2.75) is 25.4 Å². The summed E-state index contributed by atoms with van der Waals surface area (Å²) in [7, 11) is 0. The molecular formula is C8H13O. The third-order valence-corrected chi connectivity index (χ3v) is 1.57. The van der Waals surface area contributed by atoms with Crippen LogP contribution in [0.3, 0.4) is 0 Å². The summed E-state index contributed by atoms with van der Waals surface area (Å²) in [6.07, 6.45) is 7.90. The second kappa shape index (κ2) is 3.67. The summed E-state index contributed by atoms with van der Waals surface area (Å²) < 4.78 is 5.39. The van der Waals surface area contributed by atoms with Gasteiger partial charge in [0.25, 0.3) is 0 Å². The van der Waals surface area contributed by atoms with E-state index in [-0.39, 0.29) is 0 Å². The van der Waals surface area contributed by atoms with E-state index in [0.717, 1.165) is 6.61 Å². The highest BCUT2D eigenvalue weighted by molar-refractivity contribution is 4.94. The average molecular weight is 127 g/mol. The normalized spacial score (nSPS) is 27.8. The number of ether oxygens (including phenoxy) is 1. The first-order chi connectivity index (χ1) is 4.43. The van der Waals surface area contributed by atoms with Crippen molar-refractivity contribution < 1.29 is 4.74 Å². The van der Waals surface area contributed by atoms with Crippen LogP contribution in [0.4, 0.5) is 0 Å². The molecular weight excluding hydrogens is 114 g/mol. The zero-order valence-electron chi connectivity index (χ0n) is 5.68. The van der Waals surface area contributed by atoms with Gasteiger partial charge in [0.15, 0.2) is 0 Å². The molecule has 1 nitrogen and oxygen atoms in total. The van der Waals surface area contributed by atoms with Crippen LogP contribution in [-0.4, -0.2) is 12.7 Å². The third kappa shape index (κ3) is 2.19. The first kappa shape index (κ1) is 6.81. The predicted octanol–water partition coefficient (Wildman–Crippen LogP) is 1.95. The third-order valence-electron chi connectivity index (χ3n) is 1.57. The Morgan fingerprint density at radius 2 is 2.33 bits per heavy atom. The van der Waals surface area contributed by atoms with Gasteiger partial charge in [0.05, 0.1) is 6.10 Å². The summed E-state index contributed by atoms with van der Waals surface area (Å²) >= 11 is 0. The first-order valence-electron chi connectivity index (χ1n) is 3.51. The fourth-order valence-corrected chi connectivity index (χ4v) is 1.07. The van der Waals surface area contributed by atoms with E-state index in [2.05, 4.69) is 6.58 Å². The van der Waals surface area contributed by atoms with Crippen LogP contribution < -0.4 is 0 Å². The van der Waals surface area contributed by atoms with Gasteiger partial charge in [-0.3, -0.25) is 0 Å². The minimum Gasteiger partial charge on any atom is -0.378 e. The van der Waals surface area contributed by atoms with Gasteiger partial charge in [0, 0.05) is 13.0 Å². The number of hydrogen-bond donors (Lipinski definition) is 0. The molecule has 0 aromatic heterocycles. The smallest absolute Gasteiger partial charge is 0.0644 e. The van der Waals surface area contributed by atoms with Gasteiger partial charge in [-0.15, -0.1) is 6.58 Å². The lowest BCUT2D eigenvalue weighted by atomic mass is 10.3. The Balaban J connectivity index is 2.15. The van der Waals surface area contributed by atoms with Crippen LogP contribution in [0.15, 0.2) is 12.7 Å². The zero-order valence-corrected chi connectivity index (χ0v) is 5.68. The number of hydrogen-bond acceptors (Lipinski definition) is 1. The van der Waals surface area contributed by atoms with Gasteiger partial charge in [-0.1, -0.05) is 6.08 Å². The lowest BCUT2D eigenvalue weighted by molar-refractivity contribution is 0.0393. The summed E-state index contributed by atoms with van der Waals surface area (Å²) in [5, 5.41) is 0. The lowest BCUT2D eigenvalue weighted by Crippen LogP contribution is -2.18. The quantitative estimate of drug-likeness (QED) is 0.551. The maximum absolute atomic E-state index is 5.39. The van der Waals surface area contributed by atoms with E-state index in [1.165, 1.54) is 19.3 Å². The van der Waals surface area contributed by atoms with E-state index in [1.807, 2.05) is 12.5 Å². The number of rotatable bonds is 2. The van der Waals surface area contributed by atoms with Crippen molar-refractivity contribution in [2.24, 2.45) is 0 Å². The Bertz CT molecular complexity index is 82.6. The fourth-order valence-electron chi connectivity index (χ4n) is 1.07. The highest BCUT2D eigenvalue weighted by Crippen LogP contribution is 2.14. The Labute approximate surface area is 56.7 Å². The Morgan fingerprint density at radius 3 is 2.89 bits per heavy atom. The van der Waals surface area contributed by atoms with Crippen LogP contribution in [0, 0.1) is 6.42 Å². The van der Waals surface area contributed by atoms with Crippen molar-refractivity contribution in [2.75, 3.05) is 6.61 Å². The molecule has 9 heavy (non-hydrogen) atoms. The van der Waals surface area contributed by atoms with Crippen molar-refractivity contribution >= 4 is 0 Å². The molecule has 0 aliphatic carbocycles. The maximum atomic E-state index is 5.39. The van der Waals surface area contributed by atoms with Crippen molar-refractivity contribution in [3.8, 4) is 0 Å². The molecule has 1 rings (SSSR count). The topological polar surface area (TPSA) is 9.23 Å². The minimum atomic E-state index is 0.358. The van der Waals surface area contributed by atoms with Crippen molar-refractivity contribution in [3.05, 3.63) is 19.1 Å². The molecule has 1 saturated heterocycles. The highest BCUT2D eigenvalue weighted by atomic mass is 16.7. The van der Waals surface area contributed by atoms with Gasteiger partial charge >= 0.3 is 0 Å². The Morgan fingerprint density at radius 1 is 1.44 bits per heavy atom. The van der Waals surface area contributed by atoms with E-state index >= 15 is 0 Å². The van der Waals surface area contributed by atoms with Gasteiger partial charge in [0.2, 0.25) is 0 Å². The molecule has 1 radical (unpaired) electrons. The zero-order chi connectivity index (χ0) is 6.53. The van der Waals surface area contributed by atoms with Crippen LogP contribution in [0.5, 0.6) is 0 Å². The van der Waals surface area contributed by atoms with Crippen molar-refractivity contribution in [1.82, 2.24) is 0 Å². The summed E-state index contributed by atoms with van der Waals surface area (Å²) in [4.78, 5) is 0. The van der Waals surface area contributed by atoms with Gasteiger partial charge < -0.3 is 4.74 Å². The summed E-state index contributed by atoms with van der Waals surface area (Å²) in [6.45, 7) is 4.54. The molecule has 51 valence electrons. The Kier molecular flexibility index (Phi) is 2.78. The van der Waals surface area contributed by atoms with Gasteiger partial charge in [-0.2, -0.15) is 0 Å². The SMILES string of the molecule is C=C[CH][14CH]1CCCCO1. The predicted molar refractivity (Wildman–Crippen MR) is 38.1 cm³/mol. The first-order valence-corrected chi connectivity index (χ1v) is 3.51. The average Bonchev–Trinajstić information content (AvgIpc) is 1.91. The van der Waals surface area contributed by atoms with E-state index in [9.17, 15) is 0 Å². The van der Waals surface area contributed by atoms with E-state index in [4.69, 9.17) is 4.74 Å². The van der Waals surface area contributed by atoms with E-state index in [1.54, 1.807) is 0 Å². The monoisotopic (exact) mass is 127 g/mol. The molecule has 1 aliphatic rings. The summed E-state index contributed by atoms with van der Waals surface area (Å²) in [6, 6.07) is 0. The standard InChI is InChI=1S/C8H13O/c1-2-5-8-6-3-4-7-9-8/h2,5,8H,1,3-4,6-7H2/i8+2. The molecule has 0 N–H and O–H groups in total. The van der Waals surface area contributed by atoms with Crippen molar-refractivity contribution in [1.29, 1.82) is 0 Å². The highest BCUT2D eigenvalue weighted by Gasteiger charge is 2.10. The summed E-state index contributed by atoms with van der Waals surface area (Å²) in [5.74, 6) is 0.